The van der Waals surface area contributed by atoms with Gasteiger partial charge in [0.05, 0.1) is 19.0 Å². The molecule has 0 aromatic heterocycles. The molecule has 0 amide bonds. The minimum atomic E-state index is -3.61. The summed E-state index contributed by atoms with van der Waals surface area (Å²) in [6.45, 7) is 6.54. The molecular weight excluding hydrogens is 409 g/mol. The minimum absolute atomic E-state index is 0.233. The fourth-order valence-electron chi connectivity index (χ4n) is 2.56. The van der Waals surface area contributed by atoms with Crippen molar-refractivity contribution in [2.45, 2.75) is 32.6 Å². The van der Waals surface area contributed by atoms with Crippen LogP contribution in [0.1, 0.15) is 37.9 Å². The highest BCUT2D eigenvalue weighted by atomic mass is 35.5. The van der Waals surface area contributed by atoms with Crippen LogP contribution in [0, 0.1) is 0 Å². The van der Waals surface area contributed by atoms with Crippen LogP contribution in [0.15, 0.2) is 36.4 Å². The van der Waals surface area contributed by atoms with Gasteiger partial charge in [0, 0.05) is 16.1 Å². The fourth-order valence-corrected chi connectivity index (χ4v) is 4.53. The molecule has 0 unspecified atom stereocenters. The van der Waals surface area contributed by atoms with Gasteiger partial charge in [-0.3, -0.25) is 0 Å². The molecule has 0 bridgehead atoms. The van der Waals surface area contributed by atoms with Crippen molar-refractivity contribution in [3.8, 4) is 11.5 Å². The Kier molecular flexibility index (Phi) is 7.79. The van der Waals surface area contributed by atoms with E-state index < -0.39 is 16.1 Å². The van der Waals surface area contributed by atoms with Gasteiger partial charge in [-0.25, -0.2) is 13.1 Å². The number of hydrogen-bond acceptors (Lipinski definition) is 4. The summed E-state index contributed by atoms with van der Waals surface area (Å²) in [5.41, 5.74) is 1.26. The van der Waals surface area contributed by atoms with Gasteiger partial charge < -0.3 is 9.47 Å². The standard InChI is InChI=1S/C19H23Cl2NO4S/c1-4-25-18-9-7-14(10-19(18)26-5-2)13(3)22-27(23,24)12-15-6-8-16(20)11-17(15)21/h6-11,13,22H,4-5,12H2,1-3H3/t13-/m0/s1. The van der Waals surface area contributed by atoms with E-state index in [1.165, 1.54) is 6.07 Å². The van der Waals surface area contributed by atoms with Crippen molar-refractivity contribution < 1.29 is 17.9 Å². The molecule has 2 aromatic carbocycles. The summed E-state index contributed by atoms with van der Waals surface area (Å²) in [6, 6.07) is 9.69. The van der Waals surface area contributed by atoms with Gasteiger partial charge in [-0.2, -0.15) is 0 Å². The van der Waals surface area contributed by atoms with E-state index >= 15 is 0 Å². The van der Waals surface area contributed by atoms with Crippen molar-refractivity contribution in [2.75, 3.05) is 13.2 Å². The average Bonchev–Trinajstić information content (AvgIpc) is 2.59. The summed E-state index contributed by atoms with van der Waals surface area (Å²) >= 11 is 11.9. The van der Waals surface area contributed by atoms with Gasteiger partial charge >= 0.3 is 0 Å². The van der Waals surface area contributed by atoms with Gasteiger partial charge in [-0.1, -0.05) is 35.3 Å². The molecule has 5 nitrogen and oxygen atoms in total. The molecule has 0 aliphatic heterocycles. The van der Waals surface area contributed by atoms with E-state index in [1.54, 1.807) is 31.2 Å². The Morgan fingerprint density at radius 1 is 1.00 bits per heavy atom. The number of halogens is 2. The van der Waals surface area contributed by atoms with E-state index in [-0.39, 0.29) is 5.75 Å². The molecule has 0 fully saturated rings. The lowest BCUT2D eigenvalue weighted by molar-refractivity contribution is 0.287. The molecule has 0 aliphatic carbocycles. The predicted octanol–water partition coefficient (Wildman–Crippen LogP) is 4.97. The smallest absolute Gasteiger partial charge is 0.216 e. The number of nitrogens with one attached hydrogen (secondary N) is 1. The minimum Gasteiger partial charge on any atom is -0.490 e. The number of hydrogen-bond donors (Lipinski definition) is 1. The van der Waals surface area contributed by atoms with E-state index in [4.69, 9.17) is 32.7 Å². The first-order valence-electron chi connectivity index (χ1n) is 8.59. The molecule has 8 heteroatoms. The van der Waals surface area contributed by atoms with Crippen molar-refractivity contribution in [3.05, 3.63) is 57.6 Å². The lowest BCUT2D eigenvalue weighted by Gasteiger charge is -2.18. The third kappa shape index (κ3) is 6.28. The zero-order valence-electron chi connectivity index (χ0n) is 15.5. The first kappa shape index (κ1) is 21.8. The zero-order valence-corrected chi connectivity index (χ0v) is 17.8. The SMILES string of the molecule is CCOc1ccc([C@H](C)NS(=O)(=O)Cc2ccc(Cl)cc2Cl)cc1OCC. The fraction of sp³-hybridized carbons (Fsp3) is 0.368. The maximum absolute atomic E-state index is 12.5. The zero-order chi connectivity index (χ0) is 20.0. The van der Waals surface area contributed by atoms with Gasteiger partial charge in [-0.05, 0) is 56.2 Å². The van der Waals surface area contributed by atoms with Crippen LogP contribution in [0.2, 0.25) is 10.0 Å². The van der Waals surface area contributed by atoms with Gasteiger partial charge in [0.25, 0.3) is 0 Å². The monoisotopic (exact) mass is 431 g/mol. The largest absolute Gasteiger partial charge is 0.490 e. The van der Waals surface area contributed by atoms with Crippen LogP contribution in [-0.4, -0.2) is 21.6 Å². The number of rotatable bonds is 9. The lowest BCUT2D eigenvalue weighted by atomic mass is 10.1. The third-order valence-electron chi connectivity index (χ3n) is 3.78. The van der Waals surface area contributed by atoms with Crippen LogP contribution < -0.4 is 14.2 Å². The van der Waals surface area contributed by atoms with Gasteiger partial charge in [0.2, 0.25) is 10.0 Å². The highest BCUT2D eigenvalue weighted by Crippen LogP contribution is 2.31. The van der Waals surface area contributed by atoms with E-state index in [0.717, 1.165) is 5.56 Å². The number of ether oxygens (including phenoxy) is 2. The second-order valence-corrected chi connectivity index (χ2v) is 8.50. The Bertz CT molecular complexity index is 887. The lowest BCUT2D eigenvalue weighted by Crippen LogP contribution is -2.28. The quantitative estimate of drug-likeness (QED) is 0.608. The molecule has 1 atom stereocenters. The molecule has 0 saturated heterocycles. The number of sulfonamides is 1. The maximum Gasteiger partial charge on any atom is 0.216 e. The van der Waals surface area contributed by atoms with Crippen LogP contribution >= 0.6 is 23.2 Å². The Labute approximate surface area is 170 Å². The number of benzene rings is 2. The van der Waals surface area contributed by atoms with Crippen molar-refractivity contribution in [1.29, 1.82) is 0 Å². The Hall–Kier alpha value is -1.47. The average molecular weight is 432 g/mol. The van der Waals surface area contributed by atoms with Crippen molar-refractivity contribution >= 4 is 33.2 Å². The highest BCUT2D eigenvalue weighted by molar-refractivity contribution is 7.88. The first-order chi connectivity index (χ1) is 12.8. The molecule has 0 spiro atoms. The summed E-state index contributed by atoms with van der Waals surface area (Å²) in [4.78, 5) is 0. The molecule has 2 rings (SSSR count). The topological polar surface area (TPSA) is 64.6 Å². The molecule has 0 radical (unpaired) electrons. The van der Waals surface area contributed by atoms with Crippen LogP contribution in [0.3, 0.4) is 0 Å². The second kappa shape index (κ2) is 9.64. The van der Waals surface area contributed by atoms with Gasteiger partial charge in [0.1, 0.15) is 0 Å². The van der Waals surface area contributed by atoms with Crippen molar-refractivity contribution in [3.63, 3.8) is 0 Å². The highest BCUT2D eigenvalue weighted by Gasteiger charge is 2.19. The predicted molar refractivity (Wildman–Crippen MR) is 109 cm³/mol. The van der Waals surface area contributed by atoms with Crippen LogP contribution in [0.5, 0.6) is 11.5 Å². The van der Waals surface area contributed by atoms with E-state index in [1.807, 2.05) is 19.9 Å². The molecule has 0 aliphatic rings. The molecule has 148 valence electrons. The van der Waals surface area contributed by atoms with E-state index in [2.05, 4.69) is 4.72 Å². The maximum atomic E-state index is 12.5. The summed E-state index contributed by atoms with van der Waals surface area (Å²) in [7, 11) is -3.61. The van der Waals surface area contributed by atoms with Gasteiger partial charge in [0.15, 0.2) is 11.5 Å². The third-order valence-corrected chi connectivity index (χ3v) is 5.78. The van der Waals surface area contributed by atoms with E-state index in [9.17, 15) is 8.42 Å². The van der Waals surface area contributed by atoms with Crippen LogP contribution in [0.4, 0.5) is 0 Å². The molecule has 27 heavy (non-hydrogen) atoms. The van der Waals surface area contributed by atoms with Crippen molar-refractivity contribution in [2.24, 2.45) is 0 Å². The van der Waals surface area contributed by atoms with Gasteiger partial charge in [-0.15, -0.1) is 0 Å². The molecular formula is C19H23Cl2NO4S. The molecule has 0 heterocycles. The summed E-state index contributed by atoms with van der Waals surface area (Å²) < 4.78 is 38.9. The van der Waals surface area contributed by atoms with Crippen LogP contribution in [0.25, 0.3) is 0 Å². The summed E-state index contributed by atoms with van der Waals surface area (Å²) in [5.74, 6) is 0.984. The normalized spacial score (nSPS) is 12.6. The van der Waals surface area contributed by atoms with E-state index in [0.29, 0.717) is 40.3 Å². The Morgan fingerprint density at radius 2 is 1.67 bits per heavy atom. The first-order valence-corrected chi connectivity index (χ1v) is 11.0. The van der Waals surface area contributed by atoms with Crippen LogP contribution in [-0.2, 0) is 15.8 Å². The summed E-state index contributed by atoms with van der Waals surface area (Å²) in [5, 5.41) is 0.778. The molecule has 2 aromatic rings. The molecule has 0 saturated carbocycles. The summed E-state index contributed by atoms with van der Waals surface area (Å²) in [6.07, 6.45) is 0. The molecule has 1 N–H and O–H groups in total. The Balaban J connectivity index is 2.17. The Morgan fingerprint density at radius 3 is 2.30 bits per heavy atom. The second-order valence-electron chi connectivity index (χ2n) is 5.91. The van der Waals surface area contributed by atoms with Crippen molar-refractivity contribution in [1.82, 2.24) is 4.72 Å².